The van der Waals surface area contributed by atoms with E-state index in [0.29, 0.717) is 0 Å². The lowest BCUT2D eigenvalue weighted by Gasteiger charge is -2.12. The van der Waals surface area contributed by atoms with E-state index in [4.69, 9.17) is 4.74 Å². The van der Waals surface area contributed by atoms with Crippen molar-refractivity contribution in [3.8, 4) is 0 Å². The lowest BCUT2D eigenvalue weighted by Crippen LogP contribution is -2.12. The zero-order valence-corrected chi connectivity index (χ0v) is 12.8. The largest absolute Gasteiger partial charge is 0.466 e. The molecular weight excluding hydrogens is 293 g/mol. The van der Waals surface area contributed by atoms with E-state index < -0.39 is 35.0 Å². The van der Waals surface area contributed by atoms with Crippen molar-refractivity contribution in [1.29, 1.82) is 0 Å². The fourth-order valence-corrected chi connectivity index (χ4v) is 2.82. The molecule has 5 heteroatoms. The van der Waals surface area contributed by atoms with Crippen LogP contribution in [0.1, 0.15) is 26.3 Å². The summed E-state index contributed by atoms with van der Waals surface area (Å²) in [4.78, 5) is 11.9. The van der Waals surface area contributed by atoms with Crippen LogP contribution in [-0.4, -0.2) is 18.8 Å². The number of halogens is 3. The molecule has 1 saturated carbocycles. The Hall–Kier alpha value is -1.78. The predicted octanol–water partition coefficient (Wildman–Crippen LogP) is 4.47. The molecule has 0 spiro atoms. The topological polar surface area (TPSA) is 26.3 Å². The Balaban J connectivity index is 2.34. The van der Waals surface area contributed by atoms with Crippen LogP contribution in [0.5, 0.6) is 0 Å². The van der Waals surface area contributed by atoms with E-state index in [2.05, 4.69) is 0 Å². The highest BCUT2D eigenvalue weighted by molar-refractivity contribution is 5.80. The van der Waals surface area contributed by atoms with Gasteiger partial charge < -0.3 is 4.74 Å². The highest BCUT2D eigenvalue weighted by Gasteiger charge is 2.62. The molecule has 2 atom stereocenters. The van der Waals surface area contributed by atoms with E-state index in [1.807, 2.05) is 0 Å². The Morgan fingerprint density at radius 2 is 1.86 bits per heavy atom. The van der Waals surface area contributed by atoms with Gasteiger partial charge in [-0.05, 0) is 23.8 Å². The third-order valence-electron chi connectivity index (χ3n) is 4.19. The highest BCUT2D eigenvalue weighted by Crippen LogP contribution is 2.60. The second kappa shape index (κ2) is 5.78. The Morgan fingerprint density at radius 1 is 1.27 bits per heavy atom. The second-order valence-electron chi connectivity index (χ2n) is 6.02. The third-order valence-corrected chi connectivity index (χ3v) is 4.19. The molecule has 1 aromatic rings. The normalized spacial score (nSPS) is 24.0. The maximum atomic E-state index is 13.3. The zero-order chi connectivity index (χ0) is 16.5. The maximum absolute atomic E-state index is 13.3. The van der Waals surface area contributed by atoms with Crippen molar-refractivity contribution in [2.45, 2.75) is 26.9 Å². The van der Waals surface area contributed by atoms with Gasteiger partial charge in [-0.15, -0.1) is 0 Å². The monoisotopic (exact) mass is 312 g/mol. The molecule has 1 aromatic carbocycles. The van der Waals surface area contributed by atoms with Crippen molar-refractivity contribution in [2.24, 2.45) is 17.3 Å². The number of hydrogen-bond acceptors (Lipinski definition) is 2. The second-order valence-corrected chi connectivity index (χ2v) is 6.02. The smallest absolute Gasteiger partial charge is 0.416 e. The van der Waals surface area contributed by atoms with Crippen LogP contribution >= 0.6 is 0 Å². The maximum Gasteiger partial charge on any atom is 0.416 e. The van der Waals surface area contributed by atoms with Gasteiger partial charge in [-0.25, -0.2) is 0 Å². The lowest BCUT2D eigenvalue weighted by molar-refractivity contribution is -0.145. The summed E-state index contributed by atoms with van der Waals surface area (Å²) in [6.45, 7) is 5.49. The van der Waals surface area contributed by atoms with Crippen LogP contribution in [0.4, 0.5) is 13.2 Å². The standard InChI is InChI=1S/C17H19F3O2/c1-4-22-15(21)14-13(16(14,2)3)10-12(17(18,19)20)11-8-6-5-7-9-11/h5-10,13-14H,4H2,1-3H3. The summed E-state index contributed by atoms with van der Waals surface area (Å²) in [5, 5.41) is 0. The van der Waals surface area contributed by atoms with Crippen LogP contribution in [0.25, 0.3) is 5.57 Å². The van der Waals surface area contributed by atoms with E-state index in [1.165, 1.54) is 18.2 Å². The minimum absolute atomic E-state index is 0.111. The number of hydrogen-bond donors (Lipinski definition) is 0. The fraction of sp³-hybridized carbons (Fsp3) is 0.471. The Bertz CT molecular complexity index is 573. The molecule has 0 heterocycles. The van der Waals surface area contributed by atoms with Gasteiger partial charge in [-0.3, -0.25) is 4.79 Å². The predicted molar refractivity (Wildman–Crippen MR) is 77.9 cm³/mol. The van der Waals surface area contributed by atoms with E-state index in [-0.39, 0.29) is 12.2 Å². The molecule has 0 saturated heterocycles. The van der Waals surface area contributed by atoms with E-state index >= 15 is 0 Å². The van der Waals surface area contributed by atoms with Crippen LogP contribution in [0.3, 0.4) is 0 Å². The molecule has 0 radical (unpaired) electrons. The van der Waals surface area contributed by atoms with Crippen LogP contribution in [0.15, 0.2) is 36.4 Å². The number of benzene rings is 1. The molecule has 0 amide bonds. The van der Waals surface area contributed by atoms with E-state index in [9.17, 15) is 18.0 Å². The molecule has 0 bridgehead atoms. The summed E-state index contributed by atoms with van der Waals surface area (Å²) in [7, 11) is 0. The molecule has 1 fully saturated rings. The summed E-state index contributed by atoms with van der Waals surface area (Å²) < 4.78 is 45.0. The van der Waals surface area contributed by atoms with Gasteiger partial charge in [0, 0.05) is 0 Å². The van der Waals surface area contributed by atoms with Crippen molar-refractivity contribution in [2.75, 3.05) is 6.61 Å². The molecule has 120 valence electrons. The molecule has 2 unspecified atom stereocenters. The summed E-state index contributed by atoms with van der Waals surface area (Å²) >= 11 is 0. The van der Waals surface area contributed by atoms with Gasteiger partial charge in [0.2, 0.25) is 0 Å². The minimum Gasteiger partial charge on any atom is -0.466 e. The molecule has 0 N–H and O–H groups in total. The third kappa shape index (κ3) is 3.18. The number of allylic oxidation sites excluding steroid dienone is 2. The first-order chi connectivity index (χ1) is 10.2. The molecule has 1 aliphatic carbocycles. The van der Waals surface area contributed by atoms with Crippen LogP contribution < -0.4 is 0 Å². The van der Waals surface area contributed by atoms with E-state index in [1.54, 1.807) is 39.0 Å². The van der Waals surface area contributed by atoms with Gasteiger partial charge in [-0.1, -0.05) is 50.3 Å². The van der Waals surface area contributed by atoms with E-state index in [0.717, 1.165) is 0 Å². The van der Waals surface area contributed by atoms with Gasteiger partial charge in [0.15, 0.2) is 0 Å². The molecule has 22 heavy (non-hydrogen) atoms. The Morgan fingerprint density at radius 3 is 2.36 bits per heavy atom. The SMILES string of the molecule is CCOC(=O)C1C(C=C(c2ccccc2)C(F)(F)F)C1(C)C. The van der Waals surface area contributed by atoms with Crippen molar-refractivity contribution >= 4 is 11.5 Å². The summed E-state index contributed by atoms with van der Waals surface area (Å²) in [5.74, 6) is -1.42. The molecule has 2 rings (SSSR count). The average Bonchev–Trinajstić information content (AvgIpc) is 2.97. The number of carbonyl (C=O) groups excluding carboxylic acids is 1. The lowest BCUT2D eigenvalue weighted by atomic mass is 10.0. The number of carbonyl (C=O) groups is 1. The van der Waals surface area contributed by atoms with Gasteiger partial charge in [0.05, 0.1) is 18.1 Å². The summed E-state index contributed by atoms with van der Waals surface area (Å²) in [6, 6.07) is 7.65. The summed E-state index contributed by atoms with van der Waals surface area (Å²) in [6.07, 6.45) is -3.28. The Labute approximate surface area is 128 Å². The highest BCUT2D eigenvalue weighted by atomic mass is 19.4. The average molecular weight is 312 g/mol. The van der Waals surface area contributed by atoms with Gasteiger partial charge in [-0.2, -0.15) is 13.2 Å². The van der Waals surface area contributed by atoms with Gasteiger partial charge >= 0.3 is 12.1 Å². The van der Waals surface area contributed by atoms with Crippen molar-refractivity contribution in [1.82, 2.24) is 0 Å². The van der Waals surface area contributed by atoms with Crippen molar-refractivity contribution in [3.63, 3.8) is 0 Å². The number of rotatable bonds is 4. The van der Waals surface area contributed by atoms with Crippen molar-refractivity contribution < 1.29 is 22.7 Å². The number of alkyl halides is 3. The minimum atomic E-state index is -4.46. The molecular formula is C17H19F3O2. The first kappa shape index (κ1) is 16.6. The zero-order valence-electron chi connectivity index (χ0n) is 12.8. The van der Waals surface area contributed by atoms with Crippen LogP contribution in [0, 0.1) is 17.3 Å². The quantitative estimate of drug-likeness (QED) is 0.767. The molecule has 1 aliphatic rings. The first-order valence-electron chi connectivity index (χ1n) is 7.20. The van der Waals surface area contributed by atoms with Crippen molar-refractivity contribution in [3.05, 3.63) is 42.0 Å². The van der Waals surface area contributed by atoms with Gasteiger partial charge in [0.25, 0.3) is 0 Å². The van der Waals surface area contributed by atoms with Crippen LogP contribution in [0.2, 0.25) is 0 Å². The number of esters is 1. The fourth-order valence-electron chi connectivity index (χ4n) is 2.82. The first-order valence-corrected chi connectivity index (χ1v) is 7.20. The van der Waals surface area contributed by atoms with Crippen LogP contribution in [-0.2, 0) is 9.53 Å². The molecule has 2 nitrogen and oxygen atoms in total. The summed E-state index contributed by atoms with van der Waals surface area (Å²) in [5.41, 5.74) is -1.10. The molecule has 0 aliphatic heterocycles. The Kier molecular flexibility index (Phi) is 4.36. The van der Waals surface area contributed by atoms with Gasteiger partial charge in [0.1, 0.15) is 0 Å². The molecule has 0 aromatic heterocycles. The number of ether oxygens (including phenoxy) is 1.